The summed E-state index contributed by atoms with van der Waals surface area (Å²) in [6.07, 6.45) is 2.50. The maximum atomic E-state index is 12.5. The Morgan fingerprint density at radius 1 is 1.28 bits per heavy atom. The molecule has 2 heteroatoms. The summed E-state index contributed by atoms with van der Waals surface area (Å²) in [4.78, 5) is 12.5. The van der Waals surface area contributed by atoms with Crippen LogP contribution in [0.1, 0.15) is 42.9 Å². The van der Waals surface area contributed by atoms with Gasteiger partial charge in [-0.25, -0.2) is 0 Å². The largest absolute Gasteiger partial charge is 0.317 e. The van der Waals surface area contributed by atoms with Gasteiger partial charge < -0.3 is 5.32 Å². The topological polar surface area (TPSA) is 29.1 Å². The highest BCUT2D eigenvalue weighted by atomic mass is 16.1. The fourth-order valence-electron chi connectivity index (χ4n) is 3.24. The number of rotatable bonds is 3. The van der Waals surface area contributed by atoms with Gasteiger partial charge in [0.15, 0.2) is 0 Å². The number of Topliss-reactive ketones (excluding diaryl/α,β-unsaturated/α-hetero) is 1. The maximum Gasteiger partial charge on any atom is 0.143 e. The molecule has 2 rings (SSSR count). The summed E-state index contributed by atoms with van der Waals surface area (Å²) in [6.45, 7) is 8.11. The first-order chi connectivity index (χ1) is 8.60. The van der Waals surface area contributed by atoms with E-state index in [4.69, 9.17) is 0 Å². The number of ketones is 1. The Balaban J connectivity index is 2.48. The lowest BCUT2D eigenvalue weighted by Gasteiger charge is -2.37. The molecule has 1 aromatic carbocycles. The molecular formula is C16H23NO. The fraction of sp³-hybridized carbons (Fsp3) is 0.562. The van der Waals surface area contributed by atoms with Gasteiger partial charge in [0.25, 0.3) is 0 Å². The molecule has 1 aliphatic heterocycles. The van der Waals surface area contributed by atoms with Crippen molar-refractivity contribution >= 4 is 5.78 Å². The lowest BCUT2D eigenvalue weighted by atomic mass is 9.68. The fourth-order valence-corrected chi connectivity index (χ4v) is 3.24. The van der Waals surface area contributed by atoms with Gasteiger partial charge in [-0.1, -0.05) is 30.7 Å². The summed E-state index contributed by atoms with van der Waals surface area (Å²) in [5.74, 6) is 0.399. The zero-order valence-electron chi connectivity index (χ0n) is 11.7. The van der Waals surface area contributed by atoms with Crippen LogP contribution < -0.4 is 5.32 Å². The second-order valence-corrected chi connectivity index (χ2v) is 5.43. The van der Waals surface area contributed by atoms with Crippen LogP contribution in [0.3, 0.4) is 0 Å². The summed E-state index contributed by atoms with van der Waals surface area (Å²) in [5.41, 5.74) is 3.54. The summed E-state index contributed by atoms with van der Waals surface area (Å²) >= 11 is 0. The molecule has 0 unspecified atom stereocenters. The van der Waals surface area contributed by atoms with Crippen LogP contribution in [0.2, 0.25) is 0 Å². The second kappa shape index (κ2) is 5.23. The smallest absolute Gasteiger partial charge is 0.143 e. The van der Waals surface area contributed by atoms with E-state index in [1.807, 2.05) is 6.92 Å². The van der Waals surface area contributed by atoms with Gasteiger partial charge in [0.2, 0.25) is 0 Å². The van der Waals surface area contributed by atoms with Crippen LogP contribution in [0.25, 0.3) is 0 Å². The lowest BCUT2D eigenvalue weighted by Crippen LogP contribution is -2.45. The molecule has 1 saturated heterocycles. The van der Waals surface area contributed by atoms with E-state index in [2.05, 4.69) is 37.4 Å². The Kier molecular flexibility index (Phi) is 3.86. The van der Waals surface area contributed by atoms with Crippen LogP contribution in [0.5, 0.6) is 0 Å². The van der Waals surface area contributed by atoms with E-state index in [1.165, 1.54) is 16.7 Å². The monoisotopic (exact) mass is 245 g/mol. The number of carbonyl (C=O) groups is 1. The van der Waals surface area contributed by atoms with Crippen LogP contribution in [0.15, 0.2) is 18.2 Å². The molecule has 0 aliphatic carbocycles. The Hall–Kier alpha value is -1.15. The second-order valence-electron chi connectivity index (χ2n) is 5.43. The Labute approximate surface area is 110 Å². The number of piperidine rings is 1. The van der Waals surface area contributed by atoms with Gasteiger partial charge in [-0.2, -0.15) is 0 Å². The Morgan fingerprint density at radius 3 is 2.50 bits per heavy atom. The molecule has 1 aliphatic rings. The highest BCUT2D eigenvalue weighted by molar-refractivity contribution is 5.90. The molecule has 1 aromatic rings. The van der Waals surface area contributed by atoms with E-state index in [-0.39, 0.29) is 5.41 Å². The third-order valence-electron chi connectivity index (χ3n) is 4.21. The van der Waals surface area contributed by atoms with E-state index in [0.717, 1.165) is 25.9 Å². The van der Waals surface area contributed by atoms with Crippen LogP contribution in [-0.2, 0) is 10.2 Å². The molecule has 0 radical (unpaired) electrons. The van der Waals surface area contributed by atoms with Gasteiger partial charge in [-0.3, -0.25) is 4.79 Å². The van der Waals surface area contributed by atoms with Crippen LogP contribution >= 0.6 is 0 Å². The van der Waals surface area contributed by atoms with Crippen LogP contribution in [0, 0.1) is 13.8 Å². The highest BCUT2D eigenvalue weighted by Crippen LogP contribution is 2.37. The molecule has 0 atom stereocenters. The average molecular weight is 245 g/mol. The molecule has 1 fully saturated rings. The Morgan fingerprint density at radius 2 is 1.94 bits per heavy atom. The maximum absolute atomic E-state index is 12.5. The normalized spacial score (nSPS) is 18.6. The Bertz CT molecular complexity index is 444. The summed E-state index contributed by atoms with van der Waals surface area (Å²) < 4.78 is 0. The number of benzene rings is 1. The van der Waals surface area contributed by atoms with Crippen LogP contribution in [0.4, 0.5) is 0 Å². The molecule has 0 amide bonds. The molecule has 0 aromatic heterocycles. The van der Waals surface area contributed by atoms with Gasteiger partial charge in [-0.05, 0) is 50.9 Å². The first-order valence-electron chi connectivity index (χ1n) is 6.92. The van der Waals surface area contributed by atoms with Gasteiger partial charge >= 0.3 is 0 Å². The molecule has 2 nitrogen and oxygen atoms in total. The van der Waals surface area contributed by atoms with Crippen molar-refractivity contribution < 1.29 is 4.79 Å². The minimum Gasteiger partial charge on any atom is -0.317 e. The number of aryl methyl sites for hydroxylation is 2. The SMILES string of the molecule is CCC(=O)C1(c2ccc(C)cc2C)CCNCC1. The van der Waals surface area contributed by atoms with E-state index < -0.39 is 0 Å². The van der Waals surface area contributed by atoms with E-state index in [0.29, 0.717) is 12.2 Å². The molecular weight excluding hydrogens is 222 g/mol. The van der Waals surface area contributed by atoms with Gasteiger partial charge in [0, 0.05) is 6.42 Å². The minimum absolute atomic E-state index is 0.238. The minimum atomic E-state index is -0.238. The molecule has 1 heterocycles. The third-order valence-corrected chi connectivity index (χ3v) is 4.21. The zero-order valence-corrected chi connectivity index (χ0v) is 11.7. The lowest BCUT2D eigenvalue weighted by molar-refractivity contribution is -0.125. The van der Waals surface area contributed by atoms with Gasteiger partial charge in [0.1, 0.15) is 5.78 Å². The molecule has 18 heavy (non-hydrogen) atoms. The van der Waals surface area contributed by atoms with E-state index >= 15 is 0 Å². The van der Waals surface area contributed by atoms with Crippen molar-refractivity contribution in [3.8, 4) is 0 Å². The van der Waals surface area contributed by atoms with E-state index in [1.54, 1.807) is 0 Å². The van der Waals surface area contributed by atoms with Gasteiger partial charge in [0.05, 0.1) is 5.41 Å². The van der Waals surface area contributed by atoms with Crippen molar-refractivity contribution in [2.75, 3.05) is 13.1 Å². The molecule has 0 bridgehead atoms. The van der Waals surface area contributed by atoms with Crippen molar-refractivity contribution in [2.45, 2.75) is 45.4 Å². The first-order valence-corrected chi connectivity index (χ1v) is 6.92. The van der Waals surface area contributed by atoms with Crippen molar-refractivity contribution in [1.82, 2.24) is 5.32 Å². The van der Waals surface area contributed by atoms with Crippen molar-refractivity contribution in [2.24, 2.45) is 0 Å². The predicted molar refractivity (Wildman–Crippen MR) is 75.0 cm³/mol. The highest BCUT2D eigenvalue weighted by Gasteiger charge is 2.40. The number of hydrogen-bond acceptors (Lipinski definition) is 2. The number of nitrogens with one attached hydrogen (secondary N) is 1. The van der Waals surface area contributed by atoms with Crippen LogP contribution in [-0.4, -0.2) is 18.9 Å². The standard InChI is InChI=1S/C16H23NO/c1-4-15(18)16(7-9-17-10-8-16)14-6-5-12(2)11-13(14)3/h5-6,11,17H,4,7-10H2,1-3H3. The summed E-state index contributed by atoms with van der Waals surface area (Å²) in [7, 11) is 0. The average Bonchev–Trinajstić information content (AvgIpc) is 2.38. The molecule has 0 spiro atoms. The van der Waals surface area contributed by atoms with Gasteiger partial charge in [-0.15, -0.1) is 0 Å². The first kappa shape index (κ1) is 13.3. The number of hydrogen-bond donors (Lipinski definition) is 1. The quantitative estimate of drug-likeness (QED) is 0.887. The zero-order chi connectivity index (χ0) is 13.2. The number of carbonyl (C=O) groups excluding carboxylic acids is 1. The molecule has 0 saturated carbocycles. The molecule has 98 valence electrons. The third kappa shape index (κ3) is 2.22. The van der Waals surface area contributed by atoms with Crippen molar-refractivity contribution in [3.05, 3.63) is 34.9 Å². The van der Waals surface area contributed by atoms with Crippen molar-refractivity contribution in [3.63, 3.8) is 0 Å². The van der Waals surface area contributed by atoms with E-state index in [9.17, 15) is 4.79 Å². The predicted octanol–water partition coefficient (Wildman–Crippen LogP) is 2.90. The summed E-state index contributed by atoms with van der Waals surface area (Å²) in [5, 5.41) is 3.37. The summed E-state index contributed by atoms with van der Waals surface area (Å²) in [6, 6.07) is 6.50. The van der Waals surface area contributed by atoms with Crippen molar-refractivity contribution in [1.29, 1.82) is 0 Å². The molecule has 1 N–H and O–H groups in total.